The smallest absolute Gasteiger partial charge is 0.251 e. The van der Waals surface area contributed by atoms with Crippen LogP contribution in [0, 0.1) is 0 Å². The van der Waals surface area contributed by atoms with Gasteiger partial charge in [-0.05, 0) is 43.2 Å². The SMILES string of the molecule is CCNC(=NCc1ccc(Cl)cc1OC)NCCc1cccc(C(=O)NC)c1. The van der Waals surface area contributed by atoms with Crippen LogP contribution in [0.4, 0.5) is 0 Å². The molecule has 28 heavy (non-hydrogen) atoms. The van der Waals surface area contributed by atoms with Crippen molar-refractivity contribution in [3.63, 3.8) is 0 Å². The Hall–Kier alpha value is -2.73. The van der Waals surface area contributed by atoms with Crippen LogP contribution < -0.4 is 20.7 Å². The van der Waals surface area contributed by atoms with Gasteiger partial charge in [-0.15, -0.1) is 0 Å². The van der Waals surface area contributed by atoms with Gasteiger partial charge in [0.15, 0.2) is 5.96 Å². The number of hydrogen-bond donors (Lipinski definition) is 3. The molecule has 0 saturated heterocycles. The van der Waals surface area contributed by atoms with Crippen molar-refractivity contribution in [2.45, 2.75) is 19.9 Å². The van der Waals surface area contributed by atoms with Gasteiger partial charge in [-0.1, -0.05) is 29.8 Å². The van der Waals surface area contributed by atoms with Gasteiger partial charge < -0.3 is 20.7 Å². The second-order valence-corrected chi connectivity index (χ2v) is 6.54. The molecular weight excluding hydrogens is 376 g/mol. The van der Waals surface area contributed by atoms with Crippen LogP contribution in [-0.4, -0.2) is 39.1 Å². The number of methoxy groups -OCH3 is 1. The number of benzene rings is 2. The van der Waals surface area contributed by atoms with Gasteiger partial charge in [0.1, 0.15) is 5.75 Å². The first-order chi connectivity index (χ1) is 13.6. The average Bonchev–Trinajstić information content (AvgIpc) is 2.72. The maximum Gasteiger partial charge on any atom is 0.251 e. The van der Waals surface area contributed by atoms with E-state index < -0.39 is 0 Å². The lowest BCUT2D eigenvalue weighted by Gasteiger charge is -2.12. The monoisotopic (exact) mass is 402 g/mol. The molecular formula is C21H27ClN4O2. The van der Waals surface area contributed by atoms with Crippen LogP contribution in [-0.2, 0) is 13.0 Å². The Balaban J connectivity index is 1.97. The van der Waals surface area contributed by atoms with E-state index in [-0.39, 0.29) is 5.91 Å². The normalized spacial score (nSPS) is 11.1. The number of carbonyl (C=O) groups is 1. The third-order valence-corrected chi connectivity index (χ3v) is 4.36. The van der Waals surface area contributed by atoms with Crippen LogP contribution in [0.25, 0.3) is 0 Å². The molecule has 0 fully saturated rings. The predicted molar refractivity (Wildman–Crippen MR) is 114 cm³/mol. The zero-order chi connectivity index (χ0) is 20.4. The van der Waals surface area contributed by atoms with Crippen molar-refractivity contribution < 1.29 is 9.53 Å². The molecule has 3 N–H and O–H groups in total. The first kappa shape index (κ1) is 21.6. The second kappa shape index (κ2) is 11.2. The molecule has 0 aliphatic heterocycles. The second-order valence-electron chi connectivity index (χ2n) is 6.11. The molecule has 6 nitrogen and oxygen atoms in total. The summed E-state index contributed by atoms with van der Waals surface area (Å²) in [6, 6.07) is 13.1. The topological polar surface area (TPSA) is 74.8 Å². The van der Waals surface area contributed by atoms with Crippen LogP contribution >= 0.6 is 11.6 Å². The van der Waals surface area contributed by atoms with Crippen LogP contribution in [0.1, 0.15) is 28.4 Å². The number of carbonyl (C=O) groups excluding carboxylic acids is 1. The summed E-state index contributed by atoms with van der Waals surface area (Å²) in [6.07, 6.45) is 0.777. The van der Waals surface area contributed by atoms with Crippen LogP contribution in [0.2, 0.25) is 5.02 Å². The molecule has 0 radical (unpaired) electrons. The van der Waals surface area contributed by atoms with Gasteiger partial charge in [0.25, 0.3) is 5.91 Å². The quantitative estimate of drug-likeness (QED) is 0.468. The molecule has 0 saturated carbocycles. The molecule has 0 bridgehead atoms. The lowest BCUT2D eigenvalue weighted by molar-refractivity contribution is 0.0963. The Bertz CT molecular complexity index is 824. The van der Waals surface area contributed by atoms with Gasteiger partial charge in [-0.25, -0.2) is 4.99 Å². The Morgan fingerprint density at radius 3 is 2.71 bits per heavy atom. The van der Waals surface area contributed by atoms with Crippen molar-refractivity contribution in [2.75, 3.05) is 27.2 Å². The van der Waals surface area contributed by atoms with E-state index >= 15 is 0 Å². The summed E-state index contributed by atoms with van der Waals surface area (Å²) in [6.45, 7) is 3.95. The predicted octanol–water partition coefficient (Wildman–Crippen LogP) is 3.01. The van der Waals surface area contributed by atoms with E-state index in [1.807, 2.05) is 37.3 Å². The maximum atomic E-state index is 11.8. The first-order valence-electron chi connectivity index (χ1n) is 9.23. The third-order valence-electron chi connectivity index (χ3n) is 4.12. The van der Waals surface area contributed by atoms with Gasteiger partial charge in [-0.3, -0.25) is 4.79 Å². The summed E-state index contributed by atoms with van der Waals surface area (Å²) >= 11 is 6.01. The molecule has 7 heteroatoms. The molecule has 2 aromatic rings. The summed E-state index contributed by atoms with van der Waals surface area (Å²) in [4.78, 5) is 16.4. The molecule has 1 amide bonds. The van der Waals surface area contributed by atoms with Crippen molar-refractivity contribution in [1.29, 1.82) is 0 Å². The van der Waals surface area contributed by atoms with E-state index in [0.29, 0.717) is 23.7 Å². The Morgan fingerprint density at radius 1 is 1.18 bits per heavy atom. The molecule has 0 heterocycles. The third kappa shape index (κ3) is 6.46. The first-order valence-corrected chi connectivity index (χ1v) is 9.60. The fraction of sp³-hybridized carbons (Fsp3) is 0.333. The molecule has 150 valence electrons. The van der Waals surface area contributed by atoms with Crippen molar-refractivity contribution in [3.8, 4) is 5.75 Å². The summed E-state index contributed by atoms with van der Waals surface area (Å²) < 4.78 is 5.37. The molecule has 0 atom stereocenters. The van der Waals surface area contributed by atoms with E-state index in [0.717, 1.165) is 35.8 Å². The number of nitrogens with zero attached hydrogens (tertiary/aromatic N) is 1. The zero-order valence-electron chi connectivity index (χ0n) is 16.5. The summed E-state index contributed by atoms with van der Waals surface area (Å²) in [5, 5.41) is 9.83. The van der Waals surface area contributed by atoms with Gasteiger partial charge in [0, 0.05) is 36.3 Å². The van der Waals surface area contributed by atoms with Crippen molar-refractivity contribution in [2.24, 2.45) is 4.99 Å². The fourth-order valence-corrected chi connectivity index (χ4v) is 2.85. The number of rotatable bonds is 8. The molecule has 0 spiro atoms. The summed E-state index contributed by atoms with van der Waals surface area (Å²) in [7, 11) is 3.25. The van der Waals surface area contributed by atoms with E-state index in [9.17, 15) is 4.79 Å². The number of hydrogen-bond acceptors (Lipinski definition) is 3. The standard InChI is InChI=1S/C21H27ClN4O2/c1-4-24-21(26-14-17-8-9-18(22)13-19(17)28-3)25-11-10-15-6-5-7-16(12-15)20(27)23-2/h5-9,12-13H,4,10-11,14H2,1-3H3,(H,23,27)(H2,24,25,26). The van der Waals surface area contributed by atoms with E-state index in [4.69, 9.17) is 16.3 Å². The average molecular weight is 403 g/mol. The van der Waals surface area contributed by atoms with Crippen molar-refractivity contribution in [1.82, 2.24) is 16.0 Å². The number of aliphatic imine (C=N–C) groups is 1. The number of halogens is 1. The van der Waals surface area contributed by atoms with E-state index in [1.165, 1.54) is 0 Å². The minimum absolute atomic E-state index is 0.0818. The lowest BCUT2D eigenvalue weighted by Crippen LogP contribution is -2.38. The lowest BCUT2D eigenvalue weighted by atomic mass is 10.1. The van der Waals surface area contributed by atoms with Crippen molar-refractivity contribution >= 4 is 23.5 Å². The molecule has 0 aliphatic rings. The highest BCUT2D eigenvalue weighted by atomic mass is 35.5. The highest BCUT2D eigenvalue weighted by Gasteiger charge is 2.06. The van der Waals surface area contributed by atoms with Gasteiger partial charge in [-0.2, -0.15) is 0 Å². The molecule has 0 unspecified atom stereocenters. The highest BCUT2D eigenvalue weighted by molar-refractivity contribution is 6.30. The molecule has 0 aliphatic carbocycles. The molecule has 2 rings (SSSR count). The summed E-state index contributed by atoms with van der Waals surface area (Å²) in [5.41, 5.74) is 2.71. The van der Waals surface area contributed by atoms with Crippen LogP contribution in [0.15, 0.2) is 47.5 Å². The van der Waals surface area contributed by atoms with Gasteiger partial charge >= 0.3 is 0 Å². The van der Waals surface area contributed by atoms with Gasteiger partial charge in [0.2, 0.25) is 0 Å². The number of ether oxygens (including phenoxy) is 1. The fourth-order valence-electron chi connectivity index (χ4n) is 2.69. The summed E-state index contributed by atoms with van der Waals surface area (Å²) in [5.74, 6) is 1.36. The number of guanidine groups is 1. The zero-order valence-corrected chi connectivity index (χ0v) is 17.3. The molecule has 2 aromatic carbocycles. The van der Waals surface area contributed by atoms with Gasteiger partial charge in [0.05, 0.1) is 13.7 Å². The highest BCUT2D eigenvalue weighted by Crippen LogP contribution is 2.23. The van der Waals surface area contributed by atoms with E-state index in [1.54, 1.807) is 26.3 Å². The van der Waals surface area contributed by atoms with E-state index in [2.05, 4.69) is 20.9 Å². The van der Waals surface area contributed by atoms with Crippen LogP contribution in [0.5, 0.6) is 5.75 Å². The minimum atomic E-state index is -0.0818. The number of amides is 1. The van der Waals surface area contributed by atoms with Crippen molar-refractivity contribution in [3.05, 3.63) is 64.2 Å². The largest absolute Gasteiger partial charge is 0.496 e. The Labute approximate surface area is 171 Å². The Morgan fingerprint density at radius 2 is 2.00 bits per heavy atom. The Kier molecular flexibility index (Phi) is 8.62. The van der Waals surface area contributed by atoms with Crippen LogP contribution in [0.3, 0.4) is 0 Å². The number of nitrogens with one attached hydrogen (secondary N) is 3. The maximum absolute atomic E-state index is 11.8. The minimum Gasteiger partial charge on any atom is -0.496 e. The molecule has 0 aromatic heterocycles.